The largest absolute Gasteiger partial charge is 0.377 e. The predicted octanol–water partition coefficient (Wildman–Crippen LogP) is 2.50. The topological polar surface area (TPSA) is 47.0 Å². The molecule has 0 amide bonds. The first-order valence-electron chi connectivity index (χ1n) is 5.28. The zero-order valence-corrected chi connectivity index (χ0v) is 10.6. The van der Waals surface area contributed by atoms with Crippen LogP contribution in [0.25, 0.3) is 0 Å². The van der Waals surface area contributed by atoms with Crippen molar-refractivity contribution in [2.24, 2.45) is 0 Å². The fraction of sp³-hybridized carbons (Fsp3) is 0.800. The molecule has 1 heterocycles. The molecule has 0 bridgehead atoms. The average Bonchev–Trinajstić information content (AvgIpc) is 2.60. The number of hydrogen-bond acceptors (Lipinski definition) is 5. The van der Waals surface area contributed by atoms with Crippen LogP contribution in [0.5, 0.6) is 0 Å². The summed E-state index contributed by atoms with van der Waals surface area (Å²) in [5.74, 6) is 1.30. The maximum Gasteiger partial charge on any atom is 0.202 e. The second kappa shape index (κ2) is 6.02. The van der Waals surface area contributed by atoms with Crippen LogP contribution in [0.3, 0.4) is 0 Å². The Morgan fingerprint density at radius 3 is 2.60 bits per heavy atom. The van der Waals surface area contributed by atoms with Gasteiger partial charge in [-0.2, -0.15) is 4.37 Å². The molecule has 86 valence electrons. The van der Waals surface area contributed by atoms with Crippen molar-refractivity contribution in [2.75, 3.05) is 18.5 Å². The van der Waals surface area contributed by atoms with Crippen LogP contribution < -0.4 is 5.32 Å². The Kier molecular flexibility index (Phi) is 4.98. The summed E-state index contributed by atoms with van der Waals surface area (Å²) in [4.78, 5) is 4.37. The second-order valence-corrected chi connectivity index (χ2v) is 4.71. The first-order valence-corrected chi connectivity index (χ1v) is 6.06. The molecule has 0 unspecified atom stereocenters. The molecular formula is C10H19N3OS. The minimum atomic E-state index is 0.285. The van der Waals surface area contributed by atoms with E-state index in [1.165, 1.54) is 11.5 Å². The van der Waals surface area contributed by atoms with Gasteiger partial charge < -0.3 is 10.1 Å². The van der Waals surface area contributed by atoms with Crippen molar-refractivity contribution in [3.05, 3.63) is 5.82 Å². The first-order chi connectivity index (χ1) is 7.09. The summed E-state index contributed by atoms with van der Waals surface area (Å²) in [6, 6.07) is 0. The number of hydrogen-bond donors (Lipinski definition) is 1. The Bertz CT molecular complexity index is 286. The van der Waals surface area contributed by atoms with Gasteiger partial charge in [0.1, 0.15) is 5.82 Å². The van der Waals surface area contributed by atoms with E-state index in [9.17, 15) is 0 Å². The number of nitrogens with one attached hydrogen (secondary N) is 1. The fourth-order valence-electron chi connectivity index (χ4n) is 0.994. The minimum Gasteiger partial charge on any atom is -0.377 e. The van der Waals surface area contributed by atoms with E-state index in [0.717, 1.165) is 17.5 Å². The number of anilines is 1. The Morgan fingerprint density at radius 1 is 1.33 bits per heavy atom. The molecule has 1 aromatic heterocycles. The molecule has 4 nitrogen and oxygen atoms in total. The molecule has 0 saturated carbocycles. The third-order valence-corrected chi connectivity index (χ3v) is 2.47. The molecule has 0 saturated heterocycles. The van der Waals surface area contributed by atoms with Crippen LogP contribution in [0.4, 0.5) is 5.13 Å². The van der Waals surface area contributed by atoms with Gasteiger partial charge in [-0.05, 0) is 13.8 Å². The monoisotopic (exact) mass is 229 g/mol. The Balaban J connectivity index is 2.26. The maximum absolute atomic E-state index is 5.41. The van der Waals surface area contributed by atoms with Crippen molar-refractivity contribution in [2.45, 2.75) is 39.7 Å². The standard InChI is InChI=1S/C10H19N3OS/c1-7(2)9-12-10(15-13-9)11-5-6-14-8(3)4/h7-8H,5-6H2,1-4H3,(H,11,12,13). The molecule has 0 atom stereocenters. The molecular weight excluding hydrogens is 210 g/mol. The highest BCUT2D eigenvalue weighted by molar-refractivity contribution is 7.09. The van der Waals surface area contributed by atoms with Gasteiger partial charge in [0.25, 0.3) is 0 Å². The maximum atomic E-state index is 5.41. The zero-order valence-electron chi connectivity index (χ0n) is 9.78. The van der Waals surface area contributed by atoms with Crippen molar-refractivity contribution in [1.82, 2.24) is 9.36 Å². The lowest BCUT2D eigenvalue weighted by molar-refractivity contribution is 0.0870. The van der Waals surface area contributed by atoms with Crippen LogP contribution in [0.2, 0.25) is 0 Å². The van der Waals surface area contributed by atoms with E-state index >= 15 is 0 Å². The van der Waals surface area contributed by atoms with E-state index in [1.807, 2.05) is 13.8 Å². The minimum absolute atomic E-state index is 0.285. The van der Waals surface area contributed by atoms with Crippen LogP contribution >= 0.6 is 11.5 Å². The molecule has 1 N–H and O–H groups in total. The van der Waals surface area contributed by atoms with Gasteiger partial charge in [-0.15, -0.1) is 0 Å². The zero-order chi connectivity index (χ0) is 11.3. The summed E-state index contributed by atoms with van der Waals surface area (Å²) in [6.07, 6.45) is 0.285. The molecule has 1 aromatic rings. The highest BCUT2D eigenvalue weighted by atomic mass is 32.1. The third kappa shape index (κ3) is 4.57. The van der Waals surface area contributed by atoms with Crippen molar-refractivity contribution >= 4 is 16.7 Å². The second-order valence-electron chi connectivity index (χ2n) is 3.96. The van der Waals surface area contributed by atoms with Crippen molar-refractivity contribution in [3.8, 4) is 0 Å². The molecule has 0 radical (unpaired) electrons. The van der Waals surface area contributed by atoms with Gasteiger partial charge in [0.2, 0.25) is 5.13 Å². The van der Waals surface area contributed by atoms with E-state index in [2.05, 4.69) is 28.5 Å². The summed E-state index contributed by atoms with van der Waals surface area (Å²) in [5.41, 5.74) is 0. The van der Waals surface area contributed by atoms with Gasteiger partial charge >= 0.3 is 0 Å². The smallest absolute Gasteiger partial charge is 0.202 e. The van der Waals surface area contributed by atoms with Gasteiger partial charge in [0.05, 0.1) is 12.7 Å². The molecule has 15 heavy (non-hydrogen) atoms. The Labute approximate surface area is 95.2 Å². The lowest BCUT2D eigenvalue weighted by Crippen LogP contribution is -2.13. The van der Waals surface area contributed by atoms with Crippen LogP contribution in [0.1, 0.15) is 39.4 Å². The van der Waals surface area contributed by atoms with Gasteiger partial charge in [-0.1, -0.05) is 13.8 Å². The molecule has 1 rings (SSSR count). The van der Waals surface area contributed by atoms with Gasteiger partial charge in [-0.25, -0.2) is 4.98 Å². The lowest BCUT2D eigenvalue weighted by atomic mass is 10.2. The van der Waals surface area contributed by atoms with Crippen molar-refractivity contribution in [3.63, 3.8) is 0 Å². The lowest BCUT2D eigenvalue weighted by Gasteiger charge is -2.07. The molecule has 0 aliphatic carbocycles. The van der Waals surface area contributed by atoms with Crippen molar-refractivity contribution < 1.29 is 4.74 Å². The quantitative estimate of drug-likeness (QED) is 0.761. The number of rotatable bonds is 6. The SMILES string of the molecule is CC(C)OCCNc1nc(C(C)C)ns1. The highest BCUT2D eigenvalue weighted by Gasteiger charge is 2.06. The Morgan fingerprint density at radius 2 is 2.07 bits per heavy atom. The highest BCUT2D eigenvalue weighted by Crippen LogP contribution is 2.16. The van der Waals surface area contributed by atoms with Crippen LogP contribution in [0, 0.1) is 0 Å². The summed E-state index contributed by atoms with van der Waals surface area (Å²) in [7, 11) is 0. The first kappa shape index (κ1) is 12.4. The van der Waals surface area contributed by atoms with Crippen LogP contribution in [0.15, 0.2) is 0 Å². The summed E-state index contributed by atoms with van der Waals surface area (Å²) < 4.78 is 9.67. The van der Waals surface area contributed by atoms with E-state index in [1.54, 1.807) is 0 Å². The fourth-order valence-corrected chi connectivity index (χ4v) is 1.73. The summed E-state index contributed by atoms with van der Waals surface area (Å²) in [6.45, 7) is 9.73. The van der Waals surface area contributed by atoms with E-state index in [-0.39, 0.29) is 6.10 Å². The van der Waals surface area contributed by atoms with Crippen molar-refractivity contribution in [1.29, 1.82) is 0 Å². The van der Waals surface area contributed by atoms with E-state index in [4.69, 9.17) is 4.74 Å². The molecule has 0 aromatic carbocycles. The summed E-state index contributed by atoms with van der Waals surface area (Å²) in [5, 5.41) is 4.08. The summed E-state index contributed by atoms with van der Waals surface area (Å²) >= 11 is 1.41. The molecule has 0 fully saturated rings. The van der Waals surface area contributed by atoms with Crippen LogP contribution in [-0.2, 0) is 4.74 Å². The van der Waals surface area contributed by atoms with Gasteiger partial charge in [-0.3, -0.25) is 0 Å². The van der Waals surface area contributed by atoms with Gasteiger partial charge in [0.15, 0.2) is 0 Å². The normalized spacial score (nSPS) is 11.3. The predicted molar refractivity (Wildman–Crippen MR) is 63.6 cm³/mol. The van der Waals surface area contributed by atoms with E-state index < -0.39 is 0 Å². The Hall–Kier alpha value is -0.680. The van der Waals surface area contributed by atoms with E-state index in [0.29, 0.717) is 12.5 Å². The number of aromatic nitrogens is 2. The third-order valence-electron chi connectivity index (χ3n) is 1.79. The molecule has 0 aliphatic rings. The van der Waals surface area contributed by atoms with Gasteiger partial charge in [0, 0.05) is 24.0 Å². The molecule has 0 spiro atoms. The number of ether oxygens (including phenoxy) is 1. The van der Waals surface area contributed by atoms with Crippen LogP contribution in [-0.4, -0.2) is 28.6 Å². The average molecular weight is 229 g/mol. The molecule has 0 aliphatic heterocycles. The number of nitrogens with zero attached hydrogens (tertiary/aromatic N) is 2. The molecule has 5 heteroatoms.